The van der Waals surface area contributed by atoms with Crippen LogP contribution in [0.4, 0.5) is 14.5 Å². The fraction of sp³-hybridized carbons (Fsp3) is 0.400. The predicted molar refractivity (Wildman–Crippen MR) is 74.5 cm³/mol. The van der Waals surface area contributed by atoms with Crippen molar-refractivity contribution < 1.29 is 13.6 Å². The van der Waals surface area contributed by atoms with Crippen molar-refractivity contribution in [3.05, 3.63) is 41.5 Å². The monoisotopic (exact) mass is 280 g/mol. The highest BCUT2D eigenvalue weighted by atomic mass is 19.1. The summed E-state index contributed by atoms with van der Waals surface area (Å²) >= 11 is 0. The number of halogens is 2. The molecule has 2 rings (SSSR count). The Morgan fingerprint density at radius 2 is 2.00 bits per heavy atom. The second kappa shape index (κ2) is 6.03. The molecule has 1 N–H and O–H groups in total. The molecular weight excluding hydrogens is 262 g/mol. The number of benzene rings is 1. The molecule has 1 aromatic carbocycles. The highest BCUT2D eigenvalue weighted by molar-refractivity contribution is 5.88. The molecule has 1 aromatic rings. The van der Waals surface area contributed by atoms with Crippen LogP contribution in [0.15, 0.2) is 29.8 Å². The van der Waals surface area contributed by atoms with Crippen LogP contribution >= 0.6 is 0 Å². The molecule has 0 radical (unpaired) electrons. The third-order valence-corrected chi connectivity index (χ3v) is 3.21. The van der Waals surface area contributed by atoms with Gasteiger partial charge in [-0.15, -0.1) is 0 Å². The van der Waals surface area contributed by atoms with E-state index in [9.17, 15) is 13.6 Å². The van der Waals surface area contributed by atoms with Crippen molar-refractivity contribution in [3.63, 3.8) is 0 Å². The van der Waals surface area contributed by atoms with Crippen molar-refractivity contribution in [1.29, 1.82) is 0 Å². The van der Waals surface area contributed by atoms with Gasteiger partial charge in [0, 0.05) is 25.2 Å². The van der Waals surface area contributed by atoms with Gasteiger partial charge in [0.2, 0.25) is 5.91 Å². The molecule has 1 aliphatic rings. The van der Waals surface area contributed by atoms with Crippen LogP contribution in [0.25, 0.3) is 0 Å². The molecule has 0 saturated carbocycles. The lowest BCUT2D eigenvalue weighted by molar-refractivity contribution is -0.117. The second-order valence-corrected chi connectivity index (χ2v) is 5.23. The predicted octanol–water partition coefficient (Wildman–Crippen LogP) is 2.63. The van der Waals surface area contributed by atoms with Gasteiger partial charge in [0.1, 0.15) is 17.3 Å². The summed E-state index contributed by atoms with van der Waals surface area (Å²) in [5.41, 5.74) is 0.906. The summed E-state index contributed by atoms with van der Waals surface area (Å²) in [6, 6.07) is 3.75. The van der Waals surface area contributed by atoms with Crippen LogP contribution in [-0.2, 0) is 4.79 Å². The Labute approximate surface area is 117 Å². The van der Waals surface area contributed by atoms with E-state index < -0.39 is 11.6 Å². The van der Waals surface area contributed by atoms with Crippen molar-refractivity contribution in [3.8, 4) is 0 Å². The van der Waals surface area contributed by atoms with Gasteiger partial charge in [-0.05, 0) is 32.4 Å². The number of nitrogens with one attached hydrogen (secondary N) is 1. The van der Waals surface area contributed by atoms with E-state index in [1.54, 1.807) is 4.90 Å². The molecule has 3 nitrogen and oxygen atoms in total. The molecule has 1 amide bonds. The third kappa shape index (κ3) is 3.35. The standard InChI is InChI=1S/C15H18F2N2O/c1-10(2)8-14(20)18-11-6-7-19(9-11)15-12(16)4-3-5-13(15)17/h3-5,8,11H,6-7,9H2,1-2H3,(H,18,20). The van der Waals surface area contributed by atoms with Gasteiger partial charge in [-0.2, -0.15) is 0 Å². The molecule has 0 bridgehead atoms. The first kappa shape index (κ1) is 14.5. The summed E-state index contributed by atoms with van der Waals surface area (Å²) in [6.07, 6.45) is 2.20. The minimum Gasteiger partial charge on any atom is -0.365 e. The quantitative estimate of drug-likeness (QED) is 0.863. The van der Waals surface area contributed by atoms with Gasteiger partial charge in [0.15, 0.2) is 0 Å². The van der Waals surface area contributed by atoms with Crippen LogP contribution in [0.3, 0.4) is 0 Å². The number of rotatable bonds is 3. The SMILES string of the molecule is CC(C)=CC(=O)NC1CCN(c2c(F)cccc2F)C1. The van der Waals surface area contributed by atoms with Gasteiger partial charge in [0.25, 0.3) is 0 Å². The van der Waals surface area contributed by atoms with E-state index in [0.29, 0.717) is 19.5 Å². The van der Waals surface area contributed by atoms with Gasteiger partial charge in [-0.3, -0.25) is 4.79 Å². The Morgan fingerprint density at radius 1 is 1.35 bits per heavy atom. The number of para-hydroxylation sites is 1. The molecule has 1 heterocycles. The van der Waals surface area contributed by atoms with Crippen molar-refractivity contribution in [2.24, 2.45) is 0 Å². The molecule has 1 unspecified atom stereocenters. The Morgan fingerprint density at radius 3 is 2.60 bits per heavy atom. The smallest absolute Gasteiger partial charge is 0.244 e. The maximum absolute atomic E-state index is 13.7. The minimum absolute atomic E-state index is 0.00790. The minimum atomic E-state index is -0.568. The first-order chi connectivity index (χ1) is 9.47. The molecule has 0 spiro atoms. The molecule has 1 saturated heterocycles. The topological polar surface area (TPSA) is 32.3 Å². The van der Waals surface area contributed by atoms with Gasteiger partial charge >= 0.3 is 0 Å². The fourth-order valence-corrected chi connectivity index (χ4v) is 2.38. The summed E-state index contributed by atoms with van der Waals surface area (Å²) in [4.78, 5) is 13.3. The highest BCUT2D eigenvalue weighted by Crippen LogP contribution is 2.26. The Hall–Kier alpha value is -1.91. The molecule has 1 fully saturated rings. The third-order valence-electron chi connectivity index (χ3n) is 3.21. The molecule has 0 aromatic heterocycles. The first-order valence-electron chi connectivity index (χ1n) is 6.61. The molecule has 1 atom stereocenters. The molecule has 5 heteroatoms. The van der Waals surface area contributed by atoms with Crippen LogP contribution in [0.2, 0.25) is 0 Å². The summed E-state index contributed by atoms with van der Waals surface area (Å²) in [7, 11) is 0. The second-order valence-electron chi connectivity index (χ2n) is 5.23. The largest absolute Gasteiger partial charge is 0.365 e. The molecule has 108 valence electrons. The van der Waals surface area contributed by atoms with Crippen LogP contribution in [-0.4, -0.2) is 25.0 Å². The number of carbonyl (C=O) groups is 1. The van der Waals surface area contributed by atoms with Crippen molar-refractivity contribution in [2.75, 3.05) is 18.0 Å². The van der Waals surface area contributed by atoms with Crippen LogP contribution in [0.5, 0.6) is 0 Å². The number of hydrogen-bond acceptors (Lipinski definition) is 2. The average Bonchev–Trinajstić information content (AvgIpc) is 2.75. The molecule has 0 aliphatic carbocycles. The molecule has 20 heavy (non-hydrogen) atoms. The number of allylic oxidation sites excluding steroid dienone is 1. The van der Waals surface area contributed by atoms with Gasteiger partial charge in [-0.25, -0.2) is 8.78 Å². The van der Waals surface area contributed by atoms with E-state index >= 15 is 0 Å². The van der Waals surface area contributed by atoms with Crippen molar-refractivity contribution >= 4 is 11.6 Å². The average molecular weight is 280 g/mol. The van der Waals surface area contributed by atoms with E-state index in [1.165, 1.54) is 24.3 Å². The Kier molecular flexibility index (Phi) is 4.37. The van der Waals surface area contributed by atoms with Crippen LogP contribution < -0.4 is 10.2 Å². The van der Waals surface area contributed by atoms with Gasteiger partial charge < -0.3 is 10.2 Å². The van der Waals surface area contributed by atoms with E-state index in [2.05, 4.69) is 5.32 Å². The summed E-state index contributed by atoms with van der Waals surface area (Å²) in [6.45, 7) is 4.63. The summed E-state index contributed by atoms with van der Waals surface area (Å²) in [5, 5.41) is 2.85. The van der Waals surface area contributed by atoms with Crippen molar-refractivity contribution in [2.45, 2.75) is 26.3 Å². The van der Waals surface area contributed by atoms with Crippen LogP contribution in [0, 0.1) is 11.6 Å². The summed E-state index contributed by atoms with van der Waals surface area (Å²) in [5.74, 6) is -1.30. The lowest BCUT2D eigenvalue weighted by Crippen LogP contribution is -2.36. The number of carbonyl (C=O) groups excluding carboxylic acids is 1. The number of nitrogens with zero attached hydrogens (tertiary/aromatic N) is 1. The molecule has 1 aliphatic heterocycles. The highest BCUT2D eigenvalue weighted by Gasteiger charge is 2.27. The Bertz CT molecular complexity index is 518. The normalized spacial score (nSPS) is 18.0. The van der Waals surface area contributed by atoms with Crippen LogP contribution in [0.1, 0.15) is 20.3 Å². The number of anilines is 1. The van der Waals surface area contributed by atoms with Crippen molar-refractivity contribution in [1.82, 2.24) is 5.32 Å². The fourth-order valence-electron chi connectivity index (χ4n) is 2.38. The van der Waals surface area contributed by atoms with Gasteiger partial charge in [-0.1, -0.05) is 11.6 Å². The first-order valence-corrected chi connectivity index (χ1v) is 6.61. The number of hydrogen-bond donors (Lipinski definition) is 1. The zero-order valence-corrected chi connectivity index (χ0v) is 11.6. The Balaban J connectivity index is 2.02. The number of amides is 1. The lowest BCUT2D eigenvalue weighted by Gasteiger charge is -2.20. The maximum atomic E-state index is 13.7. The zero-order valence-electron chi connectivity index (χ0n) is 11.6. The van der Waals surface area contributed by atoms with Gasteiger partial charge in [0.05, 0.1) is 0 Å². The van der Waals surface area contributed by atoms with E-state index in [4.69, 9.17) is 0 Å². The molecular formula is C15H18F2N2O. The lowest BCUT2D eigenvalue weighted by atomic mass is 10.2. The van der Waals surface area contributed by atoms with E-state index in [-0.39, 0.29) is 17.6 Å². The van der Waals surface area contributed by atoms with E-state index in [1.807, 2.05) is 13.8 Å². The summed E-state index contributed by atoms with van der Waals surface area (Å²) < 4.78 is 27.4. The zero-order chi connectivity index (χ0) is 14.7. The maximum Gasteiger partial charge on any atom is 0.244 e. The van der Waals surface area contributed by atoms with E-state index in [0.717, 1.165) is 5.57 Å².